The summed E-state index contributed by atoms with van der Waals surface area (Å²) >= 11 is 0. The number of ether oxygens (including phenoxy) is 2. The van der Waals surface area contributed by atoms with Crippen LogP contribution in [0.5, 0.6) is 0 Å². The number of aromatic nitrogens is 1. The van der Waals surface area contributed by atoms with Crippen molar-refractivity contribution in [1.82, 2.24) is 15.2 Å². The van der Waals surface area contributed by atoms with E-state index < -0.39 is 0 Å². The molecule has 1 N–H and O–H groups in total. The third kappa shape index (κ3) is 4.99. The zero-order valence-electron chi connectivity index (χ0n) is 21.1. The maximum Gasteiger partial charge on any atom is 0.228 e. The maximum absolute atomic E-state index is 14.0. The van der Waals surface area contributed by atoms with Crippen molar-refractivity contribution in [2.24, 2.45) is 5.92 Å². The summed E-state index contributed by atoms with van der Waals surface area (Å²) < 4.78 is 11.3. The third-order valence-electron chi connectivity index (χ3n) is 7.88. The van der Waals surface area contributed by atoms with Crippen molar-refractivity contribution in [3.8, 4) is 11.1 Å². The van der Waals surface area contributed by atoms with Crippen molar-refractivity contribution in [2.75, 3.05) is 64.1 Å². The molecule has 1 amide bonds. The van der Waals surface area contributed by atoms with Crippen LogP contribution in [-0.4, -0.2) is 74.9 Å². The van der Waals surface area contributed by atoms with Gasteiger partial charge in [0.05, 0.1) is 38.4 Å². The second kappa shape index (κ2) is 11.0. The van der Waals surface area contributed by atoms with E-state index in [1.165, 1.54) is 5.56 Å². The van der Waals surface area contributed by atoms with Gasteiger partial charge in [0.2, 0.25) is 5.91 Å². The Kier molecular flexibility index (Phi) is 7.17. The molecule has 0 radical (unpaired) electrons. The van der Waals surface area contributed by atoms with Crippen molar-refractivity contribution < 1.29 is 14.3 Å². The lowest BCUT2D eigenvalue weighted by atomic mass is 9.83. The summed E-state index contributed by atoms with van der Waals surface area (Å²) in [4.78, 5) is 23.1. The number of hydrogen-bond acceptors (Lipinski definition) is 6. The Labute approximate surface area is 218 Å². The molecule has 1 aromatic heterocycles. The lowest BCUT2D eigenvalue weighted by molar-refractivity contribution is -0.144. The summed E-state index contributed by atoms with van der Waals surface area (Å²) in [6.45, 7) is 6.43. The predicted molar refractivity (Wildman–Crippen MR) is 144 cm³/mol. The number of carbonyl (C=O) groups excluding carboxylic acids is 1. The largest absolute Gasteiger partial charge is 0.378 e. The Balaban J connectivity index is 1.26. The fourth-order valence-corrected chi connectivity index (χ4v) is 5.90. The number of anilines is 1. The van der Waals surface area contributed by atoms with Crippen LogP contribution in [0, 0.1) is 5.92 Å². The quantitative estimate of drug-likeness (QED) is 0.581. The first-order chi connectivity index (χ1) is 18.3. The number of benzene rings is 2. The van der Waals surface area contributed by atoms with Gasteiger partial charge in [0, 0.05) is 50.4 Å². The zero-order chi connectivity index (χ0) is 25.0. The highest BCUT2D eigenvalue weighted by molar-refractivity contribution is 5.82. The first kappa shape index (κ1) is 24.1. The lowest BCUT2D eigenvalue weighted by Crippen LogP contribution is -2.47. The number of rotatable bonds is 5. The molecule has 3 aromatic rings. The molecule has 4 heterocycles. The van der Waals surface area contributed by atoms with Crippen LogP contribution in [0.3, 0.4) is 0 Å². The molecule has 0 bridgehead atoms. The van der Waals surface area contributed by atoms with E-state index in [4.69, 9.17) is 14.5 Å². The maximum atomic E-state index is 14.0. The summed E-state index contributed by atoms with van der Waals surface area (Å²) in [6.07, 6.45) is 1.97. The molecule has 192 valence electrons. The summed E-state index contributed by atoms with van der Waals surface area (Å²) in [6, 6.07) is 22.9. The number of pyridine rings is 1. The highest BCUT2D eigenvalue weighted by atomic mass is 16.5. The van der Waals surface area contributed by atoms with Gasteiger partial charge in [0.25, 0.3) is 0 Å². The SMILES string of the molecule is O=C([C@@H]1CNCC1c1ccccc1-c1ccc(N2CCOCC2)nc1)N1CCOC[C@@H]1c1ccccc1. The Morgan fingerprint density at radius 2 is 1.65 bits per heavy atom. The van der Waals surface area contributed by atoms with Crippen LogP contribution in [0.2, 0.25) is 0 Å². The average Bonchev–Trinajstić information content (AvgIpc) is 3.48. The van der Waals surface area contributed by atoms with E-state index in [-0.39, 0.29) is 23.8 Å². The molecular formula is C30H34N4O3. The molecule has 1 unspecified atom stereocenters. The third-order valence-corrected chi connectivity index (χ3v) is 7.88. The smallest absolute Gasteiger partial charge is 0.228 e. The van der Waals surface area contributed by atoms with Gasteiger partial charge < -0.3 is 24.6 Å². The number of nitrogens with one attached hydrogen (secondary N) is 1. The number of amides is 1. The van der Waals surface area contributed by atoms with Crippen LogP contribution >= 0.6 is 0 Å². The van der Waals surface area contributed by atoms with E-state index in [2.05, 4.69) is 58.7 Å². The van der Waals surface area contributed by atoms with E-state index in [9.17, 15) is 4.79 Å². The molecule has 0 aliphatic carbocycles. The molecule has 0 spiro atoms. The van der Waals surface area contributed by atoms with Crippen LogP contribution in [0.1, 0.15) is 23.1 Å². The molecule has 37 heavy (non-hydrogen) atoms. The van der Waals surface area contributed by atoms with Crippen LogP contribution in [0.25, 0.3) is 11.1 Å². The van der Waals surface area contributed by atoms with Gasteiger partial charge in [-0.1, -0.05) is 54.6 Å². The molecule has 7 nitrogen and oxygen atoms in total. The molecule has 7 heteroatoms. The first-order valence-corrected chi connectivity index (χ1v) is 13.3. The molecule has 6 rings (SSSR count). The highest BCUT2D eigenvalue weighted by Crippen LogP contribution is 2.38. The molecular weight excluding hydrogens is 464 g/mol. The number of carbonyl (C=O) groups is 1. The van der Waals surface area contributed by atoms with Gasteiger partial charge in [0.15, 0.2) is 0 Å². The number of nitrogens with zero attached hydrogens (tertiary/aromatic N) is 3. The van der Waals surface area contributed by atoms with Crippen LogP contribution in [-0.2, 0) is 14.3 Å². The summed E-state index contributed by atoms with van der Waals surface area (Å²) in [5.41, 5.74) is 4.57. The Morgan fingerprint density at radius 3 is 2.46 bits per heavy atom. The van der Waals surface area contributed by atoms with Crippen molar-refractivity contribution in [2.45, 2.75) is 12.0 Å². The summed E-state index contributed by atoms with van der Waals surface area (Å²) in [7, 11) is 0. The fraction of sp³-hybridized carbons (Fsp3) is 0.400. The van der Waals surface area contributed by atoms with Gasteiger partial charge >= 0.3 is 0 Å². The van der Waals surface area contributed by atoms with Crippen molar-refractivity contribution in [1.29, 1.82) is 0 Å². The number of hydrogen-bond donors (Lipinski definition) is 1. The highest BCUT2D eigenvalue weighted by Gasteiger charge is 2.40. The minimum absolute atomic E-state index is 0.0455. The van der Waals surface area contributed by atoms with E-state index in [0.29, 0.717) is 26.3 Å². The van der Waals surface area contributed by atoms with Crippen LogP contribution in [0.15, 0.2) is 72.9 Å². The van der Waals surface area contributed by atoms with Gasteiger partial charge in [-0.25, -0.2) is 4.98 Å². The molecule has 3 aliphatic rings. The second-order valence-electron chi connectivity index (χ2n) is 10.00. The summed E-state index contributed by atoms with van der Waals surface area (Å²) in [5, 5.41) is 3.51. The van der Waals surface area contributed by atoms with Gasteiger partial charge in [-0.05, 0) is 28.8 Å². The van der Waals surface area contributed by atoms with Crippen LogP contribution < -0.4 is 10.2 Å². The number of morpholine rings is 2. The van der Waals surface area contributed by atoms with Gasteiger partial charge in [-0.15, -0.1) is 0 Å². The molecule has 0 saturated carbocycles. The van der Waals surface area contributed by atoms with Gasteiger partial charge in [-0.2, -0.15) is 0 Å². The summed E-state index contributed by atoms with van der Waals surface area (Å²) in [5.74, 6) is 1.18. The fourth-order valence-electron chi connectivity index (χ4n) is 5.90. The molecule has 2 aromatic carbocycles. The first-order valence-electron chi connectivity index (χ1n) is 13.3. The van der Waals surface area contributed by atoms with E-state index >= 15 is 0 Å². The van der Waals surface area contributed by atoms with Gasteiger partial charge in [0.1, 0.15) is 5.82 Å². The second-order valence-corrected chi connectivity index (χ2v) is 10.00. The standard InChI is InChI=1S/C30H34N4O3/c35-30(34-14-17-37-21-28(34)22-6-2-1-3-7-22)27-20-31-19-26(27)25-9-5-4-8-24(25)23-10-11-29(32-18-23)33-12-15-36-16-13-33/h1-11,18,26-28,31H,12-17,19-21H2/t26?,27-,28-/m1/s1. The predicted octanol–water partition coefficient (Wildman–Crippen LogP) is 3.49. The minimum Gasteiger partial charge on any atom is -0.378 e. The van der Waals surface area contributed by atoms with Crippen molar-refractivity contribution in [3.63, 3.8) is 0 Å². The Bertz CT molecular complexity index is 1200. The van der Waals surface area contributed by atoms with Crippen LogP contribution in [0.4, 0.5) is 5.82 Å². The molecule has 3 fully saturated rings. The van der Waals surface area contributed by atoms with E-state index in [1.54, 1.807) is 0 Å². The topological polar surface area (TPSA) is 66.9 Å². The minimum atomic E-state index is -0.119. The van der Waals surface area contributed by atoms with Crippen molar-refractivity contribution in [3.05, 3.63) is 84.1 Å². The Hall–Kier alpha value is -3.26. The van der Waals surface area contributed by atoms with E-state index in [0.717, 1.165) is 55.4 Å². The van der Waals surface area contributed by atoms with Gasteiger partial charge in [-0.3, -0.25) is 4.79 Å². The van der Waals surface area contributed by atoms with Crippen molar-refractivity contribution >= 4 is 11.7 Å². The average molecular weight is 499 g/mol. The zero-order valence-corrected chi connectivity index (χ0v) is 21.1. The lowest BCUT2D eigenvalue weighted by Gasteiger charge is -2.38. The normalized spacial score (nSPS) is 24.3. The molecule has 3 aliphatic heterocycles. The van der Waals surface area contributed by atoms with E-state index in [1.807, 2.05) is 29.3 Å². The monoisotopic (exact) mass is 498 g/mol. The molecule has 3 atom stereocenters. The molecule has 3 saturated heterocycles. The Morgan fingerprint density at radius 1 is 0.865 bits per heavy atom.